The molecule has 1 fully saturated rings. The SMILES string of the molecule is CCCNC(CC)c1nnc(C2CCCC2(C)C)o1. The van der Waals surface area contributed by atoms with Crippen molar-refractivity contribution in [2.45, 2.75) is 71.8 Å². The summed E-state index contributed by atoms with van der Waals surface area (Å²) in [5.41, 5.74) is 0.294. The second-order valence-corrected chi connectivity index (χ2v) is 6.33. The number of nitrogens with one attached hydrogen (secondary N) is 1. The molecule has 0 saturated heterocycles. The fourth-order valence-electron chi connectivity index (χ4n) is 3.04. The van der Waals surface area contributed by atoms with E-state index in [-0.39, 0.29) is 6.04 Å². The molecule has 0 radical (unpaired) electrons. The van der Waals surface area contributed by atoms with Gasteiger partial charge in [-0.15, -0.1) is 10.2 Å². The van der Waals surface area contributed by atoms with Gasteiger partial charge in [0.2, 0.25) is 11.8 Å². The predicted octanol–water partition coefficient (Wildman–Crippen LogP) is 3.81. The highest BCUT2D eigenvalue weighted by atomic mass is 16.4. The summed E-state index contributed by atoms with van der Waals surface area (Å²) in [4.78, 5) is 0. The van der Waals surface area contributed by atoms with Crippen molar-refractivity contribution in [3.8, 4) is 0 Å². The molecule has 2 unspecified atom stereocenters. The largest absolute Gasteiger partial charge is 0.423 e. The van der Waals surface area contributed by atoms with Gasteiger partial charge in [0.15, 0.2) is 0 Å². The van der Waals surface area contributed by atoms with Gasteiger partial charge >= 0.3 is 0 Å². The molecule has 0 amide bonds. The van der Waals surface area contributed by atoms with Crippen molar-refractivity contribution in [1.29, 1.82) is 0 Å². The first kappa shape index (κ1) is 14.5. The highest BCUT2D eigenvalue weighted by Gasteiger charge is 2.39. The molecule has 19 heavy (non-hydrogen) atoms. The maximum atomic E-state index is 5.97. The first-order valence-corrected chi connectivity index (χ1v) is 7.65. The van der Waals surface area contributed by atoms with Crippen LogP contribution in [-0.4, -0.2) is 16.7 Å². The van der Waals surface area contributed by atoms with Crippen LogP contribution in [0.3, 0.4) is 0 Å². The molecular weight excluding hydrogens is 238 g/mol. The fourth-order valence-corrected chi connectivity index (χ4v) is 3.04. The number of hydrogen-bond donors (Lipinski definition) is 1. The molecule has 1 N–H and O–H groups in total. The van der Waals surface area contributed by atoms with Crippen molar-refractivity contribution in [3.05, 3.63) is 11.8 Å². The first-order valence-electron chi connectivity index (χ1n) is 7.65. The molecule has 2 atom stereocenters. The van der Waals surface area contributed by atoms with E-state index < -0.39 is 0 Å². The van der Waals surface area contributed by atoms with Crippen LogP contribution < -0.4 is 5.32 Å². The van der Waals surface area contributed by atoms with Crippen LogP contribution >= 0.6 is 0 Å². The van der Waals surface area contributed by atoms with Crippen LogP contribution in [0, 0.1) is 5.41 Å². The smallest absolute Gasteiger partial charge is 0.233 e. The van der Waals surface area contributed by atoms with Crippen molar-refractivity contribution >= 4 is 0 Å². The molecule has 1 heterocycles. The summed E-state index contributed by atoms with van der Waals surface area (Å²) in [6.45, 7) is 9.92. The van der Waals surface area contributed by atoms with E-state index in [1.54, 1.807) is 0 Å². The Bertz CT molecular complexity index is 400. The quantitative estimate of drug-likeness (QED) is 0.849. The third-order valence-corrected chi connectivity index (χ3v) is 4.36. The average molecular weight is 265 g/mol. The van der Waals surface area contributed by atoms with E-state index >= 15 is 0 Å². The molecule has 1 aromatic rings. The summed E-state index contributed by atoms with van der Waals surface area (Å²) in [5, 5.41) is 12.0. The van der Waals surface area contributed by atoms with E-state index in [1.807, 2.05) is 0 Å². The summed E-state index contributed by atoms with van der Waals surface area (Å²) in [6.07, 6.45) is 5.79. The molecule has 4 nitrogen and oxygen atoms in total. The van der Waals surface area contributed by atoms with Crippen LogP contribution in [0.25, 0.3) is 0 Å². The third-order valence-electron chi connectivity index (χ3n) is 4.36. The van der Waals surface area contributed by atoms with Crippen molar-refractivity contribution in [3.63, 3.8) is 0 Å². The first-order chi connectivity index (χ1) is 9.08. The van der Waals surface area contributed by atoms with Crippen LogP contribution in [0.4, 0.5) is 0 Å². The van der Waals surface area contributed by atoms with E-state index in [0.717, 1.165) is 31.2 Å². The summed E-state index contributed by atoms with van der Waals surface area (Å²) in [7, 11) is 0. The fraction of sp³-hybridized carbons (Fsp3) is 0.867. The van der Waals surface area contributed by atoms with Gasteiger partial charge in [0.25, 0.3) is 0 Å². The summed E-state index contributed by atoms with van der Waals surface area (Å²) >= 11 is 0. The molecule has 0 bridgehead atoms. The normalized spacial score (nSPS) is 23.7. The van der Waals surface area contributed by atoms with Gasteiger partial charge in [-0.25, -0.2) is 0 Å². The second-order valence-electron chi connectivity index (χ2n) is 6.33. The Hall–Kier alpha value is -0.900. The van der Waals surface area contributed by atoms with Crippen LogP contribution in [0.15, 0.2) is 4.42 Å². The molecule has 4 heteroatoms. The van der Waals surface area contributed by atoms with Gasteiger partial charge in [-0.05, 0) is 37.6 Å². The molecule has 108 valence electrons. The Balaban J connectivity index is 2.09. The molecular formula is C15H27N3O. The van der Waals surface area contributed by atoms with Crippen LogP contribution in [0.1, 0.15) is 83.5 Å². The van der Waals surface area contributed by atoms with Gasteiger partial charge in [0.05, 0.1) is 6.04 Å². The average Bonchev–Trinajstić information content (AvgIpc) is 2.96. The molecule has 1 saturated carbocycles. The molecule has 1 aliphatic carbocycles. The van der Waals surface area contributed by atoms with Crippen molar-refractivity contribution in [1.82, 2.24) is 15.5 Å². The van der Waals surface area contributed by atoms with Crippen LogP contribution in [-0.2, 0) is 0 Å². The lowest BCUT2D eigenvalue weighted by molar-refractivity contribution is 0.272. The molecule has 0 aromatic carbocycles. The predicted molar refractivity (Wildman–Crippen MR) is 76.0 cm³/mol. The highest BCUT2D eigenvalue weighted by molar-refractivity contribution is 5.03. The Morgan fingerprint density at radius 3 is 2.74 bits per heavy atom. The van der Waals surface area contributed by atoms with Crippen LogP contribution in [0.2, 0.25) is 0 Å². The van der Waals surface area contributed by atoms with Gasteiger partial charge in [0.1, 0.15) is 0 Å². The van der Waals surface area contributed by atoms with Crippen molar-refractivity contribution in [2.24, 2.45) is 5.41 Å². The Kier molecular flexibility index (Phi) is 4.61. The minimum absolute atomic E-state index is 0.200. The molecule has 0 spiro atoms. The summed E-state index contributed by atoms with van der Waals surface area (Å²) in [5.74, 6) is 2.03. The van der Waals surface area contributed by atoms with E-state index in [2.05, 4.69) is 43.2 Å². The van der Waals surface area contributed by atoms with Gasteiger partial charge < -0.3 is 9.73 Å². The molecule has 0 aliphatic heterocycles. The zero-order valence-electron chi connectivity index (χ0n) is 12.7. The van der Waals surface area contributed by atoms with Gasteiger partial charge in [-0.3, -0.25) is 0 Å². The van der Waals surface area contributed by atoms with Gasteiger partial charge in [-0.2, -0.15) is 0 Å². The monoisotopic (exact) mass is 265 g/mol. The van der Waals surface area contributed by atoms with Crippen molar-refractivity contribution < 1.29 is 4.42 Å². The lowest BCUT2D eigenvalue weighted by Gasteiger charge is -2.23. The molecule has 2 rings (SSSR count). The number of nitrogens with zero attached hydrogens (tertiary/aromatic N) is 2. The minimum Gasteiger partial charge on any atom is -0.423 e. The standard InChI is InChI=1S/C15H27N3O/c1-5-10-16-12(6-2)14-18-17-13(19-14)11-8-7-9-15(11,3)4/h11-12,16H,5-10H2,1-4H3. The Labute approximate surface area is 116 Å². The van der Waals surface area contributed by atoms with Gasteiger partial charge in [-0.1, -0.05) is 34.1 Å². The topological polar surface area (TPSA) is 51.0 Å². The van der Waals surface area contributed by atoms with E-state index in [0.29, 0.717) is 11.3 Å². The zero-order chi connectivity index (χ0) is 13.9. The lowest BCUT2D eigenvalue weighted by Crippen LogP contribution is -2.21. The maximum absolute atomic E-state index is 5.97. The van der Waals surface area contributed by atoms with E-state index in [4.69, 9.17) is 4.42 Å². The van der Waals surface area contributed by atoms with E-state index in [1.165, 1.54) is 19.3 Å². The highest BCUT2D eigenvalue weighted by Crippen LogP contribution is 2.48. The van der Waals surface area contributed by atoms with Gasteiger partial charge in [0, 0.05) is 5.92 Å². The Morgan fingerprint density at radius 1 is 1.37 bits per heavy atom. The van der Waals surface area contributed by atoms with Crippen LogP contribution in [0.5, 0.6) is 0 Å². The second kappa shape index (κ2) is 6.04. The molecule has 1 aromatic heterocycles. The summed E-state index contributed by atoms with van der Waals surface area (Å²) in [6, 6.07) is 0.200. The van der Waals surface area contributed by atoms with E-state index in [9.17, 15) is 0 Å². The maximum Gasteiger partial charge on any atom is 0.233 e. The molecule has 1 aliphatic rings. The zero-order valence-corrected chi connectivity index (χ0v) is 12.7. The lowest BCUT2D eigenvalue weighted by atomic mass is 9.82. The summed E-state index contributed by atoms with van der Waals surface area (Å²) < 4.78 is 5.97. The number of aromatic nitrogens is 2. The third kappa shape index (κ3) is 3.16. The Morgan fingerprint density at radius 2 is 2.16 bits per heavy atom. The van der Waals surface area contributed by atoms with Crippen molar-refractivity contribution in [2.75, 3.05) is 6.54 Å². The number of hydrogen-bond acceptors (Lipinski definition) is 4. The number of rotatable bonds is 6. The minimum atomic E-state index is 0.200.